The van der Waals surface area contributed by atoms with Crippen LogP contribution in [-0.2, 0) is 9.47 Å². The van der Waals surface area contributed by atoms with Crippen molar-refractivity contribution in [1.29, 1.82) is 5.26 Å². The molecule has 2 atom stereocenters. The zero-order valence-corrected chi connectivity index (χ0v) is 14.6. The second kappa shape index (κ2) is 8.25. The number of nitrogens with zero attached hydrogens (tertiary/aromatic N) is 1. The Kier molecular flexibility index (Phi) is 5.79. The lowest BCUT2D eigenvalue weighted by Crippen LogP contribution is -2.30. The molecule has 0 N–H and O–H groups in total. The average molecular weight is 373 g/mol. The lowest BCUT2D eigenvalue weighted by atomic mass is 10.1. The summed E-state index contributed by atoms with van der Waals surface area (Å²) in [5.74, 6) is -4.14. The van der Waals surface area contributed by atoms with Crippen LogP contribution < -0.4 is 4.74 Å². The van der Waals surface area contributed by atoms with Gasteiger partial charge in [0.2, 0.25) is 5.82 Å². The number of rotatable bonds is 4. The van der Waals surface area contributed by atoms with Crippen LogP contribution in [-0.4, -0.2) is 25.3 Å². The van der Waals surface area contributed by atoms with Crippen LogP contribution in [0.5, 0.6) is 5.75 Å². The zero-order valence-electron chi connectivity index (χ0n) is 14.6. The number of ether oxygens (including phenoxy) is 3. The van der Waals surface area contributed by atoms with E-state index >= 15 is 0 Å². The lowest BCUT2D eigenvalue weighted by molar-refractivity contribution is -0.135. The highest BCUT2D eigenvalue weighted by molar-refractivity contribution is 5.91. The van der Waals surface area contributed by atoms with Crippen LogP contribution >= 0.6 is 0 Å². The van der Waals surface area contributed by atoms with E-state index in [-0.39, 0.29) is 17.8 Å². The van der Waals surface area contributed by atoms with Gasteiger partial charge >= 0.3 is 5.97 Å². The Hall–Kier alpha value is -2.82. The van der Waals surface area contributed by atoms with E-state index in [1.807, 2.05) is 6.92 Å². The highest BCUT2D eigenvalue weighted by Crippen LogP contribution is 2.26. The Morgan fingerprint density at radius 2 is 1.89 bits per heavy atom. The van der Waals surface area contributed by atoms with Crippen molar-refractivity contribution in [2.24, 2.45) is 0 Å². The van der Waals surface area contributed by atoms with E-state index in [0.717, 1.165) is 24.1 Å². The fourth-order valence-electron chi connectivity index (χ4n) is 2.66. The summed E-state index contributed by atoms with van der Waals surface area (Å²) in [5.41, 5.74) is 0.555. The maximum atomic E-state index is 13.9. The molecule has 2 aromatic rings. The number of esters is 1. The van der Waals surface area contributed by atoms with Gasteiger partial charge in [-0.05, 0) is 36.2 Å². The van der Waals surface area contributed by atoms with Gasteiger partial charge in [0.1, 0.15) is 12.2 Å². The molecule has 27 heavy (non-hydrogen) atoms. The first kappa shape index (κ1) is 19.0. The van der Waals surface area contributed by atoms with Gasteiger partial charge in [0.05, 0.1) is 30.4 Å². The van der Waals surface area contributed by atoms with Gasteiger partial charge < -0.3 is 14.2 Å². The van der Waals surface area contributed by atoms with Gasteiger partial charge in [-0.3, -0.25) is 0 Å². The molecule has 2 unspecified atom stereocenters. The summed E-state index contributed by atoms with van der Waals surface area (Å²) in [4.78, 5) is 12.2. The zero-order chi connectivity index (χ0) is 19.4. The summed E-state index contributed by atoms with van der Waals surface area (Å²) in [6, 6.07) is 10.0. The van der Waals surface area contributed by atoms with E-state index in [0.29, 0.717) is 13.2 Å². The molecule has 7 heteroatoms. The van der Waals surface area contributed by atoms with E-state index < -0.39 is 28.9 Å². The first-order valence-corrected chi connectivity index (χ1v) is 8.47. The largest absolute Gasteiger partial charge is 0.420 e. The Balaban J connectivity index is 1.68. The summed E-state index contributed by atoms with van der Waals surface area (Å²) in [6.07, 6.45) is 0.755. The molecule has 1 saturated heterocycles. The summed E-state index contributed by atoms with van der Waals surface area (Å²) in [5, 5.41) is 8.67. The number of benzene rings is 2. The minimum Gasteiger partial charge on any atom is -0.420 e. The van der Waals surface area contributed by atoms with E-state index in [1.54, 1.807) is 12.1 Å². The van der Waals surface area contributed by atoms with Crippen molar-refractivity contribution in [2.75, 3.05) is 13.2 Å². The normalized spacial score (nSPS) is 19.3. The molecule has 140 valence electrons. The third kappa shape index (κ3) is 4.13. The Labute approximate surface area is 155 Å². The predicted octanol–water partition coefficient (Wildman–Crippen LogP) is 3.92. The van der Waals surface area contributed by atoms with Crippen molar-refractivity contribution in [3.8, 4) is 11.8 Å². The standard InChI is InChI=1S/C20H17F2NO4/c1-2-15-10-26-17(11-25-15)12-3-5-13(6-4-12)20(24)27-16-8-7-14(9-23)18(21)19(16)22/h3-8,15,17H,2,10-11H2,1H3. The number of nitriles is 1. The van der Waals surface area contributed by atoms with Gasteiger partial charge in [-0.2, -0.15) is 9.65 Å². The summed E-state index contributed by atoms with van der Waals surface area (Å²) in [6.45, 7) is 2.96. The van der Waals surface area contributed by atoms with Crippen LogP contribution in [0, 0.1) is 23.0 Å². The topological polar surface area (TPSA) is 68.5 Å². The highest BCUT2D eigenvalue weighted by Gasteiger charge is 2.23. The molecule has 0 radical (unpaired) electrons. The van der Waals surface area contributed by atoms with Crippen LogP contribution in [0.1, 0.15) is 40.9 Å². The first-order valence-electron chi connectivity index (χ1n) is 8.47. The molecule has 0 saturated carbocycles. The third-order valence-corrected chi connectivity index (χ3v) is 4.31. The Morgan fingerprint density at radius 1 is 1.15 bits per heavy atom. The third-order valence-electron chi connectivity index (χ3n) is 4.31. The van der Waals surface area contributed by atoms with Gasteiger partial charge in [0.25, 0.3) is 0 Å². The minimum atomic E-state index is -1.38. The number of carbonyl (C=O) groups is 1. The van der Waals surface area contributed by atoms with E-state index in [1.165, 1.54) is 18.2 Å². The van der Waals surface area contributed by atoms with Gasteiger partial charge in [-0.1, -0.05) is 19.1 Å². The number of hydrogen-bond acceptors (Lipinski definition) is 5. The monoisotopic (exact) mass is 373 g/mol. The van der Waals surface area contributed by atoms with Gasteiger partial charge in [-0.15, -0.1) is 0 Å². The van der Waals surface area contributed by atoms with Crippen LogP contribution in [0.4, 0.5) is 8.78 Å². The van der Waals surface area contributed by atoms with Crippen molar-refractivity contribution < 1.29 is 27.8 Å². The maximum Gasteiger partial charge on any atom is 0.343 e. The van der Waals surface area contributed by atoms with Crippen LogP contribution in [0.25, 0.3) is 0 Å². The van der Waals surface area contributed by atoms with Crippen molar-refractivity contribution in [2.45, 2.75) is 25.6 Å². The molecule has 1 aliphatic rings. The summed E-state index contributed by atoms with van der Waals surface area (Å²) >= 11 is 0. The number of hydrogen-bond donors (Lipinski definition) is 0. The molecule has 1 fully saturated rings. The fraction of sp³-hybridized carbons (Fsp3) is 0.300. The Bertz CT molecular complexity index is 869. The van der Waals surface area contributed by atoms with Crippen LogP contribution in [0.3, 0.4) is 0 Å². The molecule has 2 aromatic carbocycles. The molecular weight excluding hydrogens is 356 g/mol. The predicted molar refractivity (Wildman–Crippen MR) is 91.2 cm³/mol. The fourth-order valence-corrected chi connectivity index (χ4v) is 2.66. The van der Waals surface area contributed by atoms with Crippen LogP contribution in [0.2, 0.25) is 0 Å². The van der Waals surface area contributed by atoms with Crippen molar-refractivity contribution >= 4 is 5.97 Å². The van der Waals surface area contributed by atoms with Crippen molar-refractivity contribution in [3.63, 3.8) is 0 Å². The molecule has 0 spiro atoms. The van der Waals surface area contributed by atoms with Gasteiger partial charge in [0.15, 0.2) is 11.6 Å². The van der Waals surface area contributed by atoms with Crippen molar-refractivity contribution in [1.82, 2.24) is 0 Å². The quantitative estimate of drug-likeness (QED) is 0.600. The first-order chi connectivity index (χ1) is 13.0. The second-order valence-corrected chi connectivity index (χ2v) is 6.05. The van der Waals surface area contributed by atoms with Crippen LogP contribution in [0.15, 0.2) is 36.4 Å². The maximum absolute atomic E-state index is 13.9. The molecule has 0 aliphatic carbocycles. The smallest absolute Gasteiger partial charge is 0.343 e. The van der Waals surface area contributed by atoms with E-state index in [9.17, 15) is 13.6 Å². The van der Waals surface area contributed by atoms with Gasteiger partial charge in [0, 0.05) is 0 Å². The summed E-state index contributed by atoms with van der Waals surface area (Å²) < 4.78 is 43.8. The second-order valence-electron chi connectivity index (χ2n) is 6.05. The minimum absolute atomic E-state index is 0.0956. The number of carbonyl (C=O) groups excluding carboxylic acids is 1. The Morgan fingerprint density at radius 3 is 2.48 bits per heavy atom. The molecule has 5 nitrogen and oxygen atoms in total. The van der Waals surface area contributed by atoms with Gasteiger partial charge in [-0.25, -0.2) is 9.18 Å². The molecular formula is C20H17F2NO4. The highest BCUT2D eigenvalue weighted by atomic mass is 19.2. The SMILES string of the molecule is CCC1COC(c2ccc(C(=O)Oc3ccc(C#N)c(F)c3F)cc2)CO1. The molecule has 3 rings (SSSR count). The molecule has 1 aliphatic heterocycles. The van der Waals surface area contributed by atoms with Crippen molar-refractivity contribution in [3.05, 3.63) is 64.7 Å². The molecule has 0 aromatic heterocycles. The van der Waals surface area contributed by atoms with E-state index in [4.69, 9.17) is 19.5 Å². The van der Waals surface area contributed by atoms with E-state index in [2.05, 4.69) is 0 Å². The molecule has 0 bridgehead atoms. The molecule has 1 heterocycles. The average Bonchev–Trinajstić information content (AvgIpc) is 2.72. The molecule has 0 amide bonds. The number of halogens is 2. The lowest BCUT2D eigenvalue weighted by Gasteiger charge is -2.29. The summed E-state index contributed by atoms with van der Waals surface area (Å²) in [7, 11) is 0.